The summed E-state index contributed by atoms with van der Waals surface area (Å²) >= 11 is 0. The van der Waals surface area contributed by atoms with Crippen molar-refractivity contribution >= 4 is 22.7 Å². The van der Waals surface area contributed by atoms with Gasteiger partial charge in [-0.25, -0.2) is 0 Å². The molecule has 0 radical (unpaired) electrons. The molecule has 7 nitrogen and oxygen atoms in total. The molecule has 1 N–H and O–H groups in total. The number of rotatable bonds is 6. The maximum absolute atomic E-state index is 12.5. The molecule has 1 aliphatic rings. The molecule has 2 aromatic rings. The first kappa shape index (κ1) is 20.1. The predicted octanol–water partition coefficient (Wildman–Crippen LogP) is 1.08. The number of carbonyl (C=O) groups is 2. The van der Waals surface area contributed by atoms with Crippen LogP contribution in [0.4, 0.5) is 0 Å². The lowest BCUT2D eigenvalue weighted by atomic mass is 10.1. The molecule has 1 aliphatic heterocycles. The second-order valence-electron chi connectivity index (χ2n) is 7.53. The zero-order chi connectivity index (χ0) is 20.1. The highest BCUT2D eigenvalue weighted by molar-refractivity contribution is 5.80. The molecule has 0 bridgehead atoms. The fraction of sp³-hybridized carbons (Fsp3) is 0.476. The summed E-state index contributed by atoms with van der Waals surface area (Å²) in [6.07, 6.45) is 1.22. The summed E-state index contributed by atoms with van der Waals surface area (Å²) in [4.78, 5) is 45.4. The van der Waals surface area contributed by atoms with Crippen LogP contribution in [0, 0.1) is 0 Å². The Balaban J connectivity index is 1.50. The maximum atomic E-state index is 12.5. The van der Waals surface area contributed by atoms with Crippen LogP contribution in [-0.4, -0.2) is 78.3 Å². The quantitative estimate of drug-likeness (QED) is 0.809. The summed E-state index contributed by atoms with van der Waals surface area (Å²) < 4.78 is 0. The van der Waals surface area contributed by atoms with E-state index in [0.29, 0.717) is 51.0 Å². The van der Waals surface area contributed by atoms with Gasteiger partial charge in [0.2, 0.25) is 11.8 Å². The molecule has 0 aliphatic carbocycles. The molecule has 2 amide bonds. The van der Waals surface area contributed by atoms with Crippen molar-refractivity contribution < 1.29 is 9.59 Å². The Hall–Kier alpha value is -2.67. The van der Waals surface area contributed by atoms with Gasteiger partial charge in [-0.05, 0) is 38.0 Å². The van der Waals surface area contributed by atoms with Gasteiger partial charge in [0, 0.05) is 56.6 Å². The second kappa shape index (κ2) is 9.01. The summed E-state index contributed by atoms with van der Waals surface area (Å²) in [6, 6.07) is 9.48. The summed E-state index contributed by atoms with van der Waals surface area (Å²) in [5.41, 5.74) is 1.30. The Morgan fingerprint density at radius 1 is 1.00 bits per heavy atom. The number of hydrogen-bond donors (Lipinski definition) is 1. The van der Waals surface area contributed by atoms with Crippen LogP contribution in [0.25, 0.3) is 10.9 Å². The molecule has 0 atom stereocenters. The lowest BCUT2D eigenvalue weighted by Crippen LogP contribution is -2.51. The minimum Gasteiger partial charge on any atom is -0.339 e. The number of aromatic amines is 1. The van der Waals surface area contributed by atoms with E-state index in [0.717, 1.165) is 17.4 Å². The molecule has 1 aromatic heterocycles. The number of hydrogen-bond acceptors (Lipinski definition) is 4. The zero-order valence-electron chi connectivity index (χ0n) is 16.6. The smallest absolute Gasteiger partial charge is 0.251 e. The van der Waals surface area contributed by atoms with Crippen molar-refractivity contribution in [2.45, 2.75) is 19.3 Å². The second-order valence-corrected chi connectivity index (χ2v) is 7.53. The highest BCUT2D eigenvalue weighted by Gasteiger charge is 2.23. The predicted molar refractivity (Wildman–Crippen MR) is 109 cm³/mol. The van der Waals surface area contributed by atoms with E-state index in [1.807, 2.05) is 54.2 Å². The lowest BCUT2D eigenvalue weighted by Gasteiger charge is -2.35. The third kappa shape index (κ3) is 4.98. The number of fused-ring (bicyclic) bond motifs is 1. The summed E-state index contributed by atoms with van der Waals surface area (Å²) in [6.45, 7) is 3.00. The molecule has 1 aromatic carbocycles. The van der Waals surface area contributed by atoms with Crippen LogP contribution in [0.15, 0.2) is 35.1 Å². The number of nitrogens with zero attached hydrogens (tertiary/aromatic N) is 3. The number of H-pyrrole nitrogens is 1. The number of carbonyl (C=O) groups excluding carboxylic acids is 2. The van der Waals surface area contributed by atoms with Gasteiger partial charge in [0.05, 0.1) is 0 Å². The first-order valence-electron chi connectivity index (χ1n) is 9.75. The summed E-state index contributed by atoms with van der Waals surface area (Å²) in [7, 11) is 3.90. The summed E-state index contributed by atoms with van der Waals surface area (Å²) in [5, 5.41) is 0.967. The van der Waals surface area contributed by atoms with E-state index in [1.54, 1.807) is 4.90 Å². The number of benzene rings is 1. The van der Waals surface area contributed by atoms with Gasteiger partial charge < -0.3 is 19.7 Å². The molecule has 2 heterocycles. The van der Waals surface area contributed by atoms with Crippen LogP contribution >= 0.6 is 0 Å². The van der Waals surface area contributed by atoms with Crippen molar-refractivity contribution in [1.82, 2.24) is 19.7 Å². The Bertz CT molecular complexity index is 898. The van der Waals surface area contributed by atoms with Gasteiger partial charge in [-0.2, -0.15) is 0 Å². The van der Waals surface area contributed by atoms with Crippen molar-refractivity contribution in [2.24, 2.45) is 0 Å². The van der Waals surface area contributed by atoms with E-state index < -0.39 is 0 Å². The van der Waals surface area contributed by atoms with E-state index >= 15 is 0 Å². The standard InChI is InChI=1S/C21H28N4O3/c1-23(2)10-9-20(27)25-13-11-24(12-14-25)19(26)8-7-17-15-16-5-3-4-6-18(16)22-21(17)28/h3-6,15H,7-14H2,1-2H3,(H,22,28). The fourth-order valence-corrected chi connectivity index (χ4v) is 3.46. The zero-order valence-corrected chi connectivity index (χ0v) is 16.6. The van der Waals surface area contributed by atoms with Gasteiger partial charge >= 0.3 is 0 Å². The number of amides is 2. The van der Waals surface area contributed by atoms with Gasteiger partial charge in [0.25, 0.3) is 5.56 Å². The van der Waals surface area contributed by atoms with E-state index in [2.05, 4.69) is 4.98 Å². The number of para-hydroxylation sites is 1. The molecular formula is C21H28N4O3. The Labute approximate surface area is 164 Å². The van der Waals surface area contributed by atoms with E-state index in [4.69, 9.17) is 0 Å². The SMILES string of the molecule is CN(C)CCC(=O)N1CCN(C(=O)CCc2cc3ccccc3[nH]c2=O)CC1. The van der Waals surface area contributed by atoms with Crippen LogP contribution in [0.2, 0.25) is 0 Å². The fourth-order valence-electron chi connectivity index (χ4n) is 3.46. The number of aryl methyl sites for hydroxylation is 1. The molecule has 7 heteroatoms. The first-order chi connectivity index (χ1) is 13.4. The van der Waals surface area contributed by atoms with Gasteiger partial charge in [-0.15, -0.1) is 0 Å². The van der Waals surface area contributed by atoms with Crippen LogP contribution in [-0.2, 0) is 16.0 Å². The molecule has 0 saturated carbocycles. The topological polar surface area (TPSA) is 76.7 Å². The Morgan fingerprint density at radius 3 is 2.25 bits per heavy atom. The first-order valence-corrected chi connectivity index (χ1v) is 9.75. The van der Waals surface area contributed by atoms with Gasteiger partial charge in [0.15, 0.2) is 0 Å². The van der Waals surface area contributed by atoms with E-state index in [-0.39, 0.29) is 17.4 Å². The number of piperazine rings is 1. The average Bonchev–Trinajstić information content (AvgIpc) is 2.70. The number of aromatic nitrogens is 1. The van der Waals surface area contributed by atoms with Crippen molar-refractivity contribution in [1.29, 1.82) is 0 Å². The third-order valence-corrected chi connectivity index (χ3v) is 5.20. The Kier molecular flexibility index (Phi) is 6.46. The molecule has 3 rings (SSSR count). The van der Waals surface area contributed by atoms with Gasteiger partial charge in [-0.1, -0.05) is 18.2 Å². The van der Waals surface area contributed by atoms with E-state index in [9.17, 15) is 14.4 Å². The van der Waals surface area contributed by atoms with E-state index in [1.165, 1.54) is 0 Å². The van der Waals surface area contributed by atoms with Crippen molar-refractivity contribution in [3.8, 4) is 0 Å². The minimum atomic E-state index is -0.136. The molecule has 0 unspecified atom stereocenters. The third-order valence-electron chi connectivity index (χ3n) is 5.20. The monoisotopic (exact) mass is 384 g/mol. The average molecular weight is 384 g/mol. The summed E-state index contributed by atoms with van der Waals surface area (Å²) in [5.74, 6) is 0.177. The van der Waals surface area contributed by atoms with Crippen LogP contribution < -0.4 is 5.56 Å². The highest BCUT2D eigenvalue weighted by atomic mass is 16.2. The highest BCUT2D eigenvalue weighted by Crippen LogP contribution is 2.12. The maximum Gasteiger partial charge on any atom is 0.251 e. The van der Waals surface area contributed by atoms with Crippen LogP contribution in [0.3, 0.4) is 0 Å². The van der Waals surface area contributed by atoms with Crippen LogP contribution in [0.1, 0.15) is 18.4 Å². The minimum absolute atomic E-state index is 0.0351. The lowest BCUT2D eigenvalue weighted by molar-refractivity contribution is -0.139. The molecule has 1 saturated heterocycles. The largest absolute Gasteiger partial charge is 0.339 e. The van der Waals surface area contributed by atoms with Crippen molar-refractivity contribution in [3.63, 3.8) is 0 Å². The number of pyridine rings is 1. The number of nitrogens with one attached hydrogen (secondary N) is 1. The van der Waals surface area contributed by atoms with Gasteiger partial charge in [-0.3, -0.25) is 14.4 Å². The normalized spacial score (nSPS) is 14.7. The molecule has 28 heavy (non-hydrogen) atoms. The Morgan fingerprint density at radius 2 is 1.61 bits per heavy atom. The van der Waals surface area contributed by atoms with Crippen molar-refractivity contribution in [2.75, 3.05) is 46.8 Å². The molecule has 150 valence electrons. The van der Waals surface area contributed by atoms with Crippen molar-refractivity contribution in [3.05, 3.63) is 46.2 Å². The van der Waals surface area contributed by atoms with Gasteiger partial charge in [0.1, 0.15) is 0 Å². The molecular weight excluding hydrogens is 356 g/mol. The molecule has 0 spiro atoms. The molecule has 1 fully saturated rings. The van der Waals surface area contributed by atoms with Crippen LogP contribution in [0.5, 0.6) is 0 Å².